The fraction of sp³-hybridized carbons (Fsp3) is 0.0952. The van der Waals surface area contributed by atoms with Gasteiger partial charge in [0.1, 0.15) is 0 Å². The molecular formula is C21H18N2O5. The Morgan fingerprint density at radius 2 is 1.18 bits per heavy atom. The van der Waals surface area contributed by atoms with Crippen molar-refractivity contribution in [3.63, 3.8) is 0 Å². The van der Waals surface area contributed by atoms with Crippen LogP contribution in [0.3, 0.4) is 0 Å². The first-order chi connectivity index (χ1) is 13.3. The van der Waals surface area contributed by atoms with E-state index in [-0.39, 0.29) is 16.9 Å². The second kappa shape index (κ2) is 7.59. The second-order valence-electron chi connectivity index (χ2n) is 6.06. The van der Waals surface area contributed by atoms with Crippen molar-refractivity contribution >= 4 is 17.7 Å². The number of carbonyl (C=O) groups is 3. The number of nitrogens with two attached hydrogens (primary N) is 2. The van der Waals surface area contributed by atoms with Gasteiger partial charge in [0.15, 0.2) is 18.2 Å². The Labute approximate surface area is 161 Å². The summed E-state index contributed by atoms with van der Waals surface area (Å²) in [7, 11) is 0. The average Bonchev–Trinajstić information content (AvgIpc) is 2.98. The molecule has 28 heavy (non-hydrogen) atoms. The molecule has 0 amide bonds. The maximum atomic E-state index is 12.8. The fourth-order valence-corrected chi connectivity index (χ4v) is 2.81. The fourth-order valence-electron chi connectivity index (χ4n) is 2.81. The molecule has 2 aromatic rings. The van der Waals surface area contributed by atoms with E-state index in [0.29, 0.717) is 22.3 Å². The minimum Gasteiger partial charge on any atom is -0.440 e. The normalized spacial score (nSPS) is 13.7. The second-order valence-corrected chi connectivity index (χ2v) is 6.06. The van der Waals surface area contributed by atoms with E-state index in [1.165, 1.54) is 24.3 Å². The lowest BCUT2D eigenvalue weighted by Crippen LogP contribution is -2.24. The highest BCUT2D eigenvalue weighted by atomic mass is 16.6. The zero-order valence-electron chi connectivity index (χ0n) is 14.9. The molecule has 0 spiro atoms. The van der Waals surface area contributed by atoms with Crippen LogP contribution in [0.2, 0.25) is 0 Å². The molecule has 0 bridgehead atoms. The van der Waals surface area contributed by atoms with Gasteiger partial charge in [-0.3, -0.25) is 16.3 Å². The van der Waals surface area contributed by atoms with Crippen LogP contribution in [0, 0.1) is 0 Å². The molecule has 3 rings (SSSR count). The molecule has 142 valence electrons. The number of ketones is 1. The van der Waals surface area contributed by atoms with Crippen molar-refractivity contribution in [1.82, 2.24) is 0 Å². The van der Waals surface area contributed by atoms with Crippen molar-refractivity contribution < 1.29 is 23.9 Å². The lowest BCUT2D eigenvalue weighted by molar-refractivity contribution is 0.0396. The van der Waals surface area contributed by atoms with E-state index < -0.39 is 24.4 Å². The Kier molecular flexibility index (Phi) is 5.21. The predicted octanol–water partition coefficient (Wildman–Crippen LogP) is 2.15. The van der Waals surface area contributed by atoms with Crippen molar-refractivity contribution in [2.75, 3.05) is 0 Å². The predicted molar refractivity (Wildman–Crippen MR) is 102 cm³/mol. The van der Waals surface area contributed by atoms with E-state index in [2.05, 4.69) is 13.2 Å². The van der Waals surface area contributed by atoms with Gasteiger partial charge in [0.05, 0.1) is 11.1 Å². The van der Waals surface area contributed by atoms with Crippen LogP contribution in [-0.4, -0.2) is 30.2 Å². The van der Waals surface area contributed by atoms with Gasteiger partial charge in [-0.25, -0.2) is 9.59 Å². The van der Waals surface area contributed by atoms with Crippen molar-refractivity contribution in [1.29, 1.82) is 0 Å². The molecule has 7 heteroatoms. The molecule has 2 aromatic carbocycles. The number of hydrogen-bond donors (Lipinski definition) is 2. The van der Waals surface area contributed by atoms with E-state index in [1.807, 2.05) is 0 Å². The van der Waals surface area contributed by atoms with Gasteiger partial charge < -0.3 is 9.47 Å². The van der Waals surface area contributed by atoms with Crippen LogP contribution in [0.1, 0.15) is 36.6 Å². The number of fused-ring (bicyclic) bond motifs is 3. The van der Waals surface area contributed by atoms with Crippen molar-refractivity contribution in [3.05, 3.63) is 84.0 Å². The van der Waals surface area contributed by atoms with Crippen molar-refractivity contribution in [3.8, 4) is 11.1 Å². The Morgan fingerprint density at radius 3 is 1.54 bits per heavy atom. The largest absolute Gasteiger partial charge is 0.440 e. The van der Waals surface area contributed by atoms with Crippen LogP contribution >= 0.6 is 0 Å². The van der Waals surface area contributed by atoms with Crippen LogP contribution in [0.4, 0.5) is 0 Å². The third kappa shape index (κ3) is 3.48. The lowest BCUT2D eigenvalue weighted by Gasteiger charge is -2.09. The molecule has 1 aliphatic rings. The molecule has 0 fully saturated rings. The van der Waals surface area contributed by atoms with Gasteiger partial charge in [0.2, 0.25) is 0 Å². The average molecular weight is 378 g/mol. The minimum atomic E-state index is -0.941. The van der Waals surface area contributed by atoms with E-state index in [1.54, 1.807) is 24.3 Å². The minimum absolute atomic E-state index is 0.189. The maximum absolute atomic E-state index is 12.8. The quantitative estimate of drug-likeness (QED) is 0.383. The molecule has 4 N–H and O–H groups in total. The lowest BCUT2D eigenvalue weighted by atomic mass is 10.0. The van der Waals surface area contributed by atoms with Crippen molar-refractivity contribution in [2.45, 2.75) is 12.5 Å². The Morgan fingerprint density at radius 1 is 0.786 bits per heavy atom. The van der Waals surface area contributed by atoms with Crippen LogP contribution < -0.4 is 11.5 Å². The smallest absolute Gasteiger partial charge is 0.339 e. The summed E-state index contributed by atoms with van der Waals surface area (Å²) < 4.78 is 9.97. The van der Waals surface area contributed by atoms with Gasteiger partial charge in [-0.2, -0.15) is 0 Å². The molecule has 0 radical (unpaired) electrons. The summed E-state index contributed by atoms with van der Waals surface area (Å²) in [4.78, 5) is 37.1. The summed E-state index contributed by atoms with van der Waals surface area (Å²) in [5, 5.41) is 0. The highest BCUT2D eigenvalue weighted by molar-refractivity contribution is 6.22. The molecule has 1 aliphatic carbocycles. The third-order valence-electron chi connectivity index (χ3n) is 4.24. The number of benzene rings is 2. The van der Waals surface area contributed by atoms with Crippen LogP contribution in [0.25, 0.3) is 11.1 Å². The molecule has 7 nitrogen and oxygen atoms in total. The highest BCUT2D eigenvalue weighted by Gasteiger charge is 2.29. The highest BCUT2D eigenvalue weighted by Crippen LogP contribution is 2.37. The van der Waals surface area contributed by atoms with E-state index in [9.17, 15) is 14.4 Å². The monoisotopic (exact) mass is 378 g/mol. The molecule has 0 aromatic heterocycles. The molecule has 0 aliphatic heterocycles. The van der Waals surface area contributed by atoms with Crippen molar-refractivity contribution in [2.24, 2.45) is 11.5 Å². The standard InChI is InChI=1S/C21H18N2O5/c1-3-17(22)27-20(25)11-5-7-13-14-8-6-12(21(26)28-18(23)4-2)10-16(14)19(24)15(13)9-11/h3-10,17-18H,1-2,22-23H2. The number of esters is 2. The number of rotatable bonds is 6. The molecule has 2 atom stereocenters. The van der Waals surface area contributed by atoms with E-state index in [0.717, 1.165) is 0 Å². The summed E-state index contributed by atoms with van der Waals surface area (Å²) >= 11 is 0. The molecule has 2 unspecified atom stereocenters. The molecule has 0 saturated carbocycles. The van der Waals surface area contributed by atoms with Gasteiger partial charge in [-0.1, -0.05) is 25.3 Å². The number of hydrogen-bond acceptors (Lipinski definition) is 7. The van der Waals surface area contributed by atoms with Crippen LogP contribution in [0.5, 0.6) is 0 Å². The first-order valence-electron chi connectivity index (χ1n) is 8.37. The van der Waals surface area contributed by atoms with Gasteiger partial charge in [0.25, 0.3) is 0 Å². The Bertz CT molecular complexity index is 932. The maximum Gasteiger partial charge on any atom is 0.339 e. The first kappa shape index (κ1) is 19.2. The summed E-state index contributed by atoms with van der Waals surface area (Å²) in [6.45, 7) is 6.89. The summed E-state index contributed by atoms with van der Waals surface area (Å²) in [6.07, 6.45) is 0.685. The Hall–Kier alpha value is -3.55. The van der Waals surface area contributed by atoms with Gasteiger partial charge >= 0.3 is 11.9 Å². The summed E-state index contributed by atoms with van der Waals surface area (Å²) in [5.74, 6) is -1.64. The zero-order chi connectivity index (χ0) is 20.4. The van der Waals surface area contributed by atoms with Crippen LogP contribution in [0.15, 0.2) is 61.7 Å². The summed E-state index contributed by atoms with van der Waals surface area (Å²) in [6, 6.07) is 9.29. The number of ether oxygens (including phenoxy) is 2. The number of carbonyl (C=O) groups excluding carboxylic acids is 3. The van der Waals surface area contributed by atoms with Crippen LogP contribution in [-0.2, 0) is 9.47 Å². The molecule has 0 heterocycles. The van der Waals surface area contributed by atoms with Gasteiger partial charge in [-0.15, -0.1) is 0 Å². The third-order valence-corrected chi connectivity index (χ3v) is 4.24. The SMILES string of the molecule is C=CC(N)OC(=O)c1ccc2c(c1)C(=O)c1cc(C(=O)OC(N)C=C)ccc1-2. The molecule has 0 saturated heterocycles. The molecular weight excluding hydrogens is 360 g/mol. The van der Waals surface area contributed by atoms with Gasteiger partial charge in [-0.05, 0) is 47.5 Å². The summed E-state index contributed by atoms with van der Waals surface area (Å²) in [5.41, 5.74) is 13.4. The topological polar surface area (TPSA) is 122 Å². The van der Waals surface area contributed by atoms with E-state index in [4.69, 9.17) is 20.9 Å². The first-order valence-corrected chi connectivity index (χ1v) is 8.37. The zero-order valence-corrected chi connectivity index (χ0v) is 14.9. The Balaban J connectivity index is 1.91. The van der Waals surface area contributed by atoms with Gasteiger partial charge in [0, 0.05) is 11.1 Å². The van der Waals surface area contributed by atoms with E-state index >= 15 is 0 Å².